The molecule has 0 saturated heterocycles. The lowest BCUT2D eigenvalue weighted by Crippen LogP contribution is -2.16. The monoisotopic (exact) mass is 366 g/mol. The largest absolute Gasteiger partial charge is 0.320 e. The number of aromatic nitrogens is 3. The summed E-state index contributed by atoms with van der Waals surface area (Å²) in [7, 11) is 1.72. The van der Waals surface area contributed by atoms with Gasteiger partial charge in [0.05, 0.1) is 10.2 Å². The highest BCUT2D eigenvalue weighted by Gasteiger charge is 2.13. The number of nitrogens with one attached hydrogen (secondary N) is 1. The zero-order valence-electron chi connectivity index (χ0n) is 14.2. The molecule has 2 heterocycles. The predicted molar refractivity (Wildman–Crippen MR) is 101 cm³/mol. The number of anilines is 1. The molecule has 0 bridgehead atoms. The first-order valence-corrected chi connectivity index (χ1v) is 8.79. The first-order valence-electron chi connectivity index (χ1n) is 7.98. The summed E-state index contributed by atoms with van der Waals surface area (Å²) in [6.07, 6.45) is 1.58. The van der Waals surface area contributed by atoms with Gasteiger partial charge in [-0.15, -0.1) is 11.3 Å². The number of amides is 1. The van der Waals surface area contributed by atoms with Crippen LogP contribution < -0.4 is 5.32 Å². The second-order valence-corrected chi connectivity index (χ2v) is 6.99. The molecule has 0 spiro atoms. The number of fused-ring (bicyclic) bond motifs is 1. The summed E-state index contributed by atoms with van der Waals surface area (Å²) in [5.41, 5.74) is 3.72. The quantitative estimate of drug-likeness (QED) is 0.585. The van der Waals surface area contributed by atoms with Crippen LogP contribution in [0.2, 0.25) is 0 Å². The molecular weight excluding hydrogens is 351 g/mol. The van der Waals surface area contributed by atoms with Crippen LogP contribution in [0.3, 0.4) is 0 Å². The first-order chi connectivity index (χ1) is 12.5. The molecular formula is C19H15FN4OS. The summed E-state index contributed by atoms with van der Waals surface area (Å²) in [6.45, 7) is 1.93. The molecule has 4 rings (SSSR count). The van der Waals surface area contributed by atoms with E-state index in [0.29, 0.717) is 11.2 Å². The van der Waals surface area contributed by atoms with E-state index in [9.17, 15) is 9.18 Å². The third-order valence-corrected chi connectivity index (χ3v) is 5.21. The van der Waals surface area contributed by atoms with Crippen molar-refractivity contribution in [3.63, 3.8) is 0 Å². The minimum absolute atomic E-state index is 0.212. The number of benzene rings is 2. The Kier molecular flexibility index (Phi) is 4.00. The molecule has 2 aromatic carbocycles. The van der Waals surface area contributed by atoms with E-state index in [-0.39, 0.29) is 11.7 Å². The Balaban J connectivity index is 1.62. The van der Waals surface area contributed by atoms with Crippen LogP contribution in [0, 0.1) is 12.7 Å². The van der Waals surface area contributed by atoms with Crippen molar-refractivity contribution in [3.8, 4) is 10.6 Å². The minimum Gasteiger partial charge on any atom is -0.320 e. The Bertz CT molecular complexity index is 1130. The number of thiazole rings is 1. The molecule has 26 heavy (non-hydrogen) atoms. The molecule has 130 valence electrons. The van der Waals surface area contributed by atoms with Crippen molar-refractivity contribution in [2.24, 2.45) is 7.05 Å². The lowest BCUT2D eigenvalue weighted by molar-refractivity contribution is 0.101. The summed E-state index contributed by atoms with van der Waals surface area (Å²) >= 11 is 1.51. The van der Waals surface area contributed by atoms with Gasteiger partial charge in [0.25, 0.3) is 5.91 Å². The molecule has 0 aliphatic carbocycles. The molecule has 2 aromatic heterocycles. The SMILES string of the molecule is Cc1cc(-c2nc3cc(F)ccc3s2)ccc1NC(=O)c1ccnn1C. The number of rotatable bonds is 3. The van der Waals surface area contributed by atoms with E-state index in [4.69, 9.17) is 0 Å². The lowest BCUT2D eigenvalue weighted by Gasteiger charge is -2.09. The first kappa shape index (κ1) is 16.4. The van der Waals surface area contributed by atoms with Crippen LogP contribution in [0.15, 0.2) is 48.7 Å². The fraction of sp³-hybridized carbons (Fsp3) is 0.105. The van der Waals surface area contributed by atoms with Gasteiger partial charge in [-0.25, -0.2) is 9.37 Å². The average molecular weight is 366 g/mol. The zero-order chi connectivity index (χ0) is 18.3. The van der Waals surface area contributed by atoms with Gasteiger partial charge in [0.2, 0.25) is 0 Å². The Labute approximate surface area is 153 Å². The van der Waals surface area contributed by atoms with Crippen LogP contribution in [0.4, 0.5) is 10.1 Å². The molecule has 0 radical (unpaired) electrons. The van der Waals surface area contributed by atoms with Crippen molar-refractivity contribution in [2.75, 3.05) is 5.32 Å². The summed E-state index contributed by atoms with van der Waals surface area (Å²) < 4.78 is 15.8. The number of nitrogens with zero attached hydrogens (tertiary/aromatic N) is 3. The summed E-state index contributed by atoms with van der Waals surface area (Å²) in [5.74, 6) is -0.505. The average Bonchev–Trinajstić information content (AvgIpc) is 3.22. The molecule has 5 nitrogen and oxygen atoms in total. The van der Waals surface area contributed by atoms with E-state index >= 15 is 0 Å². The smallest absolute Gasteiger partial charge is 0.273 e. The lowest BCUT2D eigenvalue weighted by atomic mass is 10.1. The van der Waals surface area contributed by atoms with Gasteiger partial charge in [-0.1, -0.05) is 0 Å². The summed E-state index contributed by atoms with van der Waals surface area (Å²) in [5, 5.41) is 7.72. The maximum absolute atomic E-state index is 13.4. The molecule has 0 fully saturated rings. The molecule has 0 aliphatic rings. The van der Waals surface area contributed by atoms with Crippen molar-refractivity contribution < 1.29 is 9.18 Å². The fourth-order valence-electron chi connectivity index (χ4n) is 2.74. The summed E-state index contributed by atoms with van der Waals surface area (Å²) in [6, 6.07) is 12.0. The standard InChI is InChI=1S/C19H15FN4OS/c1-11-9-12(19-23-15-10-13(20)4-6-17(15)26-19)3-5-14(11)22-18(25)16-7-8-21-24(16)2/h3-10H,1-2H3,(H,22,25). The van der Waals surface area contributed by atoms with E-state index in [1.54, 1.807) is 25.4 Å². The van der Waals surface area contributed by atoms with Crippen LogP contribution >= 0.6 is 11.3 Å². The van der Waals surface area contributed by atoms with Crippen LogP contribution in [-0.4, -0.2) is 20.7 Å². The van der Waals surface area contributed by atoms with Gasteiger partial charge < -0.3 is 5.32 Å². The molecule has 1 amide bonds. The molecule has 0 saturated carbocycles. The van der Waals surface area contributed by atoms with Gasteiger partial charge in [-0.05, 0) is 48.9 Å². The van der Waals surface area contributed by atoms with E-state index in [1.807, 2.05) is 25.1 Å². The molecule has 1 N–H and O–H groups in total. The number of hydrogen-bond donors (Lipinski definition) is 1. The van der Waals surface area contributed by atoms with Crippen molar-refractivity contribution in [1.82, 2.24) is 14.8 Å². The minimum atomic E-state index is -0.293. The number of carbonyl (C=O) groups is 1. The second kappa shape index (κ2) is 6.34. The predicted octanol–water partition coefficient (Wildman–Crippen LogP) is 4.40. The molecule has 4 aromatic rings. The second-order valence-electron chi connectivity index (χ2n) is 5.95. The number of carbonyl (C=O) groups excluding carboxylic acids is 1. The van der Waals surface area contributed by atoms with Gasteiger partial charge >= 0.3 is 0 Å². The summed E-state index contributed by atoms with van der Waals surface area (Å²) in [4.78, 5) is 16.8. The third-order valence-electron chi connectivity index (χ3n) is 4.12. The maximum atomic E-state index is 13.4. The molecule has 0 atom stereocenters. The third kappa shape index (κ3) is 2.97. The molecule has 7 heteroatoms. The number of halogens is 1. The molecule has 0 aliphatic heterocycles. The van der Waals surface area contributed by atoms with Crippen LogP contribution in [0.5, 0.6) is 0 Å². The van der Waals surface area contributed by atoms with E-state index < -0.39 is 0 Å². The van der Waals surface area contributed by atoms with Crippen molar-refractivity contribution in [1.29, 1.82) is 0 Å². The van der Waals surface area contributed by atoms with Gasteiger partial charge in [0, 0.05) is 30.6 Å². The van der Waals surface area contributed by atoms with Crippen LogP contribution in [0.1, 0.15) is 16.1 Å². The van der Waals surface area contributed by atoms with Crippen LogP contribution in [0.25, 0.3) is 20.8 Å². The number of aryl methyl sites for hydroxylation is 2. The van der Waals surface area contributed by atoms with Gasteiger partial charge in [-0.3, -0.25) is 9.48 Å². The zero-order valence-corrected chi connectivity index (χ0v) is 15.0. The Hall–Kier alpha value is -3.06. The van der Waals surface area contributed by atoms with Crippen molar-refractivity contribution >= 4 is 33.1 Å². The van der Waals surface area contributed by atoms with Crippen molar-refractivity contribution in [3.05, 3.63) is 65.7 Å². The Morgan fingerprint density at radius 2 is 2.04 bits per heavy atom. The Morgan fingerprint density at radius 3 is 2.77 bits per heavy atom. The fourth-order valence-corrected chi connectivity index (χ4v) is 3.69. The van der Waals surface area contributed by atoms with E-state index in [1.165, 1.54) is 28.2 Å². The normalized spacial score (nSPS) is 11.0. The highest BCUT2D eigenvalue weighted by atomic mass is 32.1. The highest BCUT2D eigenvalue weighted by Crippen LogP contribution is 2.32. The van der Waals surface area contributed by atoms with Gasteiger partial charge in [0.1, 0.15) is 16.5 Å². The topological polar surface area (TPSA) is 59.8 Å². The Morgan fingerprint density at radius 1 is 1.19 bits per heavy atom. The van der Waals surface area contributed by atoms with Crippen molar-refractivity contribution in [2.45, 2.75) is 6.92 Å². The maximum Gasteiger partial charge on any atom is 0.273 e. The van der Waals surface area contributed by atoms with Crippen LogP contribution in [-0.2, 0) is 7.05 Å². The van der Waals surface area contributed by atoms with E-state index in [2.05, 4.69) is 15.4 Å². The van der Waals surface area contributed by atoms with Gasteiger partial charge in [0.15, 0.2) is 0 Å². The van der Waals surface area contributed by atoms with E-state index in [0.717, 1.165) is 26.5 Å². The molecule has 0 unspecified atom stereocenters. The van der Waals surface area contributed by atoms with Gasteiger partial charge in [-0.2, -0.15) is 5.10 Å². The number of hydrogen-bond acceptors (Lipinski definition) is 4. The highest BCUT2D eigenvalue weighted by molar-refractivity contribution is 7.21.